The first-order valence-electron chi connectivity index (χ1n) is 5.59. The SMILES string of the molecule is CN(C)c1ncnc(NC(=O)c2ccc(N)cc2)n1. The summed E-state index contributed by atoms with van der Waals surface area (Å²) in [4.78, 5) is 25.6. The van der Waals surface area contributed by atoms with Crippen molar-refractivity contribution in [2.75, 3.05) is 30.0 Å². The Labute approximate surface area is 110 Å². The lowest BCUT2D eigenvalue weighted by molar-refractivity contribution is 0.102. The molecule has 0 unspecified atom stereocenters. The van der Waals surface area contributed by atoms with Gasteiger partial charge in [0.25, 0.3) is 5.91 Å². The molecular weight excluding hydrogens is 244 g/mol. The number of hydrogen-bond donors (Lipinski definition) is 2. The van der Waals surface area contributed by atoms with Crippen molar-refractivity contribution in [2.24, 2.45) is 0 Å². The number of carbonyl (C=O) groups is 1. The number of nitrogens with two attached hydrogens (primary N) is 1. The van der Waals surface area contributed by atoms with E-state index in [-0.39, 0.29) is 11.9 Å². The second-order valence-electron chi connectivity index (χ2n) is 4.08. The van der Waals surface area contributed by atoms with Crippen molar-refractivity contribution in [3.8, 4) is 0 Å². The lowest BCUT2D eigenvalue weighted by atomic mass is 10.2. The molecule has 1 aromatic heterocycles. The van der Waals surface area contributed by atoms with Crippen molar-refractivity contribution in [2.45, 2.75) is 0 Å². The lowest BCUT2D eigenvalue weighted by Gasteiger charge is -2.10. The van der Waals surface area contributed by atoms with E-state index in [1.807, 2.05) is 0 Å². The van der Waals surface area contributed by atoms with Crippen molar-refractivity contribution >= 4 is 23.5 Å². The molecule has 0 spiro atoms. The zero-order valence-electron chi connectivity index (χ0n) is 10.7. The Morgan fingerprint density at radius 3 is 2.53 bits per heavy atom. The molecule has 0 saturated heterocycles. The Bertz CT molecular complexity index is 581. The Hall–Kier alpha value is -2.70. The number of nitrogens with zero attached hydrogens (tertiary/aromatic N) is 4. The summed E-state index contributed by atoms with van der Waals surface area (Å²) in [7, 11) is 3.61. The number of benzene rings is 1. The molecule has 0 aliphatic carbocycles. The van der Waals surface area contributed by atoms with E-state index >= 15 is 0 Å². The van der Waals surface area contributed by atoms with Crippen molar-refractivity contribution < 1.29 is 4.79 Å². The molecule has 1 heterocycles. The predicted molar refractivity (Wildman–Crippen MR) is 73.0 cm³/mol. The molecule has 7 nitrogen and oxygen atoms in total. The predicted octanol–water partition coefficient (Wildman–Crippen LogP) is 0.772. The maximum Gasteiger partial charge on any atom is 0.258 e. The Morgan fingerprint density at radius 2 is 1.89 bits per heavy atom. The van der Waals surface area contributed by atoms with Gasteiger partial charge in [0.05, 0.1) is 0 Å². The lowest BCUT2D eigenvalue weighted by Crippen LogP contribution is -2.17. The zero-order chi connectivity index (χ0) is 13.8. The van der Waals surface area contributed by atoms with Crippen LogP contribution in [0.1, 0.15) is 10.4 Å². The van der Waals surface area contributed by atoms with Crippen LogP contribution in [0, 0.1) is 0 Å². The van der Waals surface area contributed by atoms with Gasteiger partial charge in [0, 0.05) is 25.3 Å². The third kappa shape index (κ3) is 3.15. The van der Waals surface area contributed by atoms with E-state index in [9.17, 15) is 4.79 Å². The third-order valence-corrected chi connectivity index (χ3v) is 2.36. The van der Waals surface area contributed by atoms with Crippen LogP contribution >= 0.6 is 0 Å². The molecule has 2 aromatic rings. The van der Waals surface area contributed by atoms with E-state index in [1.165, 1.54) is 6.33 Å². The largest absolute Gasteiger partial charge is 0.399 e. The van der Waals surface area contributed by atoms with E-state index in [0.717, 1.165) is 0 Å². The molecule has 2 rings (SSSR count). The van der Waals surface area contributed by atoms with Crippen LogP contribution in [0.25, 0.3) is 0 Å². The molecule has 7 heteroatoms. The molecule has 98 valence electrons. The van der Waals surface area contributed by atoms with Crippen LogP contribution in [-0.2, 0) is 0 Å². The normalized spacial score (nSPS) is 10.0. The fraction of sp³-hybridized carbons (Fsp3) is 0.167. The molecule has 19 heavy (non-hydrogen) atoms. The minimum absolute atomic E-state index is 0.209. The standard InChI is InChI=1S/C12H14N6O/c1-18(2)12-15-7-14-11(17-12)16-10(19)8-3-5-9(13)6-4-8/h3-7H,13H2,1-2H3,(H,14,15,16,17,19). The van der Waals surface area contributed by atoms with E-state index in [0.29, 0.717) is 17.2 Å². The van der Waals surface area contributed by atoms with Crippen LogP contribution in [0.4, 0.5) is 17.6 Å². The molecule has 0 aliphatic rings. The highest BCUT2D eigenvalue weighted by Gasteiger charge is 2.09. The van der Waals surface area contributed by atoms with E-state index in [1.54, 1.807) is 43.3 Å². The van der Waals surface area contributed by atoms with Gasteiger partial charge in [0.15, 0.2) is 0 Å². The van der Waals surface area contributed by atoms with E-state index < -0.39 is 0 Å². The monoisotopic (exact) mass is 258 g/mol. The molecular formula is C12H14N6O. The maximum atomic E-state index is 11.9. The highest BCUT2D eigenvalue weighted by molar-refractivity contribution is 6.03. The average molecular weight is 258 g/mol. The van der Waals surface area contributed by atoms with Gasteiger partial charge in [0.2, 0.25) is 11.9 Å². The van der Waals surface area contributed by atoms with Crippen LogP contribution in [0.2, 0.25) is 0 Å². The zero-order valence-corrected chi connectivity index (χ0v) is 10.7. The second-order valence-corrected chi connectivity index (χ2v) is 4.08. The third-order valence-electron chi connectivity index (χ3n) is 2.36. The van der Waals surface area contributed by atoms with Crippen molar-refractivity contribution in [1.82, 2.24) is 15.0 Å². The van der Waals surface area contributed by atoms with Crippen LogP contribution in [0.15, 0.2) is 30.6 Å². The molecule has 0 bridgehead atoms. The first-order chi connectivity index (χ1) is 9.06. The van der Waals surface area contributed by atoms with Crippen LogP contribution in [0.5, 0.6) is 0 Å². The van der Waals surface area contributed by atoms with Gasteiger partial charge in [-0.1, -0.05) is 0 Å². The number of aromatic nitrogens is 3. The number of nitrogens with one attached hydrogen (secondary N) is 1. The molecule has 0 radical (unpaired) electrons. The van der Waals surface area contributed by atoms with Crippen LogP contribution in [0.3, 0.4) is 0 Å². The smallest absolute Gasteiger partial charge is 0.258 e. The maximum absolute atomic E-state index is 11.9. The van der Waals surface area contributed by atoms with Crippen LogP contribution < -0.4 is 16.0 Å². The van der Waals surface area contributed by atoms with Crippen LogP contribution in [-0.4, -0.2) is 35.0 Å². The van der Waals surface area contributed by atoms with Gasteiger partial charge in [-0.3, -0.25) is 10.1 Å². The molecule has 0 fully saturated rings. The van der Waals surface area contributed by atoms with Gasteiger partial charge >= 0.3 is 0 Å². The van der Waals surface area contributed by atoms with Gasteiger partial charge in [0.1, 0.15) is 6.33 Å². The molecule has 1 amide bonds. The molecule has 0 aliphatic heterocycles. The summed E-state index contributed by atoms with van der Waals surface area (Å²) >= 11 is 0. The topological polar surface area (TPSA) is 97.0 Å². The number of hydrogen-bond acceptors (Lipinski definition) is 6. The summed E-state index contributed by atoms with van der Waals surface area (Å²) in [6.07, 6.45) is 1.35. The fourth-order valence-corrected chi connectivity index (χ4v) is 1.37. The summed E-state index contributed by atoms with van der Waals surface area (Å²) in [6.45, 7) is 0. The number of nitrogen functional groups attached to an aromatic ring is 1. The number of anilines is 3. The van der Waals surface area contributed by atoms with E-state index in [2.05, 4.69) is 20.3 Å². The minimum Gasteiger partial charge on any atom is -0.399 e. The fourth-order valence-electron chi connectivity index (χ4n) is 1.37. The van der Waals surface area contributed by atoms with Gasteiger partial charge < -0.3 is 10.6 Å². The van der Waals surface area contributed by atoms with Crippen molar-refractivity contribution in [3.63, 3.8) is 0 Å². The highest BCUT2D eigenvalue weighted by Crippen LogP contribution is 2.09. The summed E-state index contributed by atoms with van der Waals surface area (Å²) in [5, 5.41) is 2.60. The summed E-state index contributed by atoms with van der Waals surface area (Å²) < 4.78 is 0. The van der Waals surface area contributed by atoms with Gasteiger partial charge in [-0.15, -0.1) is 0 Å². The van der Waals surface area contributed by atoms with E-state index in [4.69, 9.17) is 5.73 Å². The van der Waals surface area contributed by atoms with Crippen molar-refractivity contribution in [1.29, 1.82) is 0 Å². The second kappa shape index (κ2) is 5.30. The Kier molecular flexibility index (Phi) is 3.56. The number of amides is 1. The number of rotatable bonds is 3. The Balaban J connectivity index is 2.14. The van der Waals surface area contributed by atoms with Gasteiger partial charge in [-0.25, -0.2) is 9.97 Å². The Morgan fingerprint density at radius 1 is 1.21 bits per heavy atom. The van der Waals surface area contributed by atoms with Gasteiger partial charge in [-0.2, -0.15) is 4.98 Å². The number of carbonyl (C=O) groups excluding carboxylic acids is 1. The first kappa shape index (κ1) is 12.7. The molecule has 1 aromatic carbocycles. The summed E-state index contributed by atoms with van der Waals surface area (Å²) in [6, 6.07) is 6.60. The molecule has 0 atom stereocenters. The van der Waals surface area contributed by atoms with Gasteiger partial charge in [-0.05, 0) is 24.3 Å². The average Bonchev–Trinajstić information content (AvgIpc) is 2.39. The highest BCUT2D eigenvalue weighted by atomic mass is 16.1. The first-order valence-corrected chi connectivity index (χ1v) is 5.59. The quantitative estimate of drug-likeness (QED) is 0.789. The molecule has 0 saturated carbocycles. The minimum atomic E-state index is -0.295. The summed E-state index contributed by atoms with van der Waals surface area (Å²) in [5.41, 5.74) is 6.65. The summed E-state index contributed by atoms with van der Waals surface area (Å²) in [5.74, 6) is 0.388. The van der Waals surface area contributed by atoms with Crippen molar-refractivity contribution in [3.05, 3.63) is 36.2 Å². The molecule has 3 N–H and O–H groups in total.